The number of ether oxygens (including phenoxy) is 3. The van der Waals surface area contributed by atoms with E-state index in [1.165, 1.54) is 0 Å². The molecule has 0 radical (unpaired) electrons. The van der Waals surface area contributed by atoms with E-state index in [1.54, 1.807) is 44.7 Å². The fraction of sp³-hybridized carbons (Fsp3) is 0.214. The molecule has 0 spiro atoms. The second kappa shape index (κ2) is 6.34. The van der Waals surface area contributed by atoms with E-state index in [-0.39, 0.29) is 6.61 Å². The van der Waals surface area contributed by atoms with Crippen molar-refractivity contribution in [2.24, 2.45) is 0 Å². The SMILES string of the molecule is COc1ccnc(COc2ccc(N)c(Cl)c2)c1OC. The van der Waals surface area contributed by atoms with E-state index >= 15 is 0 Å². The number of hydrogen-bond acceptors (Lipinski definition) is 5. The molecule has 0 unspecified atom stereocenters. The van der Waals surface area contributed by atoms with Crippen LogP contribution < -0.4 is 19.9 Å². The van der Waals surface area contributed by atoms with Gasteiger partial charge in [0.1, 0.15) is 18.1 Å². The Hall–Kier alpha value is -2.14. The molecule has 0 saturated carbocycles. The number of rotatable bonds is 5. The maximum atomic E-state index is 5.94. The van der Waals surface area contributed by atoms with Gasteiger partial charge in [-0.3, -0.25) is 4.98 Å². The van der Waals surface area contributed by atoms with Crippen molar-refractivity contribution in [1.29, 1.82) is 0 Å². The van der Waals surface area contributed by atoms with E-state index in [1.807, 2.05) is 0 Å². The first-order valence-electron chi connectivity index (χ1n) is 5.89. The third kappa shape index (κ3) is 3.05. The summed E-state index contributed by atoms with van der Waals surface area (Å²) in [6.07, 6.45) is 1.63. The molecule has 0 saturated heterocycles. The lowest BCUT2D eigenvalue weighted by Crippen LogP contribution is -2.03. The van der Waals surface area contributed by atoms with Crippen molar-refractivity contribution in [2.45, 2.75) is 6.61 Å². The summed E-state index contributed by atoms with van der Waals surface area (Å²) in [6, 6.07) is 6.81. The van der Waals surface area contributed by atoms with Gasteiger partial charge >= 0.3 is 0 Å². The Labute approximate surface area is 122 Å². The molecule has 1 aromatic carbocycles. The zero-order valence-electron chi connectivity index (χ0n) is 11.2. The molecule has 0 aliphatic carbocycles. The molecule has 0 bridgehead atoms. The Morgan fingerprint density at radius 2 is 2.00 bits per heavy atom. The molecule has 1 heterocycles. The highest BCUT2D eigenvalue weighted by molar-refractivity contribution is 6.33. The molecular weight excluding hydrogens is 280 g/mol. The van der Waals surface area contributed by atoms with Crippen molar-refractivity contribution >= 4 is 17.3 Å². The number of nitrogen functional groups attached to an aromatic ring is 1. The smallest absolute Gasteiger partial charge is 0.185 e. The largest absolute Gasteiger partial charge is 0.493 e. The summed E-state index contributed by atoms with van der Waals surface area (Å²) in [7, 11) is 3.13. The molecule has 2 N–H and O–H groups in total. The lowest BCUT2D eigenvalue weighted by Gasteiger charge is -2.12. The predicted octanol–water partition coefficient (Wildman–Crippen LogP) is 2.91. The van der Waals surface area contributed by atoms with Crippen molar-refractivity contribution in [1.82, 2.24) is 4.98 Å². The quantitative estimate of drug-likeness (QED) is 0.859. The zero-order valence-corrected chi connectivity index (χ0v) is 12.0. The van der Waals surface area contributed by atoms with E-state index in [9.17, 15) is 0 Å². The molecule has 6 heteroatoms. The third-order valence-electron chi connectivity index (χ3n) is 2.71. The van der Waals surface area contributed by atoms with Gasteiger partial charge in [0.15, 0.2) is 11.5 Å². The van der Waals surface area contributed by atoms with Crippen LogP contribution >= 0.6 is 11.6 Å². The van der Waals surface area contributed by atoms with Gasteiger partial charge in [-0.25, -0.2) is 0 Å². The van der Waals surface area contributed by atoms with E-state index in [0.717, 1.165) is 0 Å². The Bertz CT molecular complexity index is 605. The van der Waals surface area contributed by atoms with Crippen LogP contribution in [0.15, 0.2) is 30.5 Å². The number of aromatic nitrogens is 1. The van der Waals surface area contributed by atoms with Crippen LogP contribution in [0.2, 0.25) is 5.02 Å². The van der Waals surface area contributed by atoms with Gasteiger partial charge < -0.3 is 19.9 Å². The molecule has 0 aliphatic rings. The number of halogens is 1. The van der Waals surface area contributed by atoms with Gasteiger partial charge in [0, 0.05) is 18.3 Å². The Balaban J connectivity index is 2.16. The highest BCUT2D eigenvalue weighted by Gasteiger charge is 2.11. The molecule has 106 valence electrons. The molecule has 20 heavy (non-hydrogen) atoms. The molecule has 2 aromatic rings. The normalized spacial score (nSPS) is 10.2. The van der Waals surface area contributed by atoms with E-state index in [0.29, 0.717) is 33.7 Å². The van der Waals surface area contributed by atoms with Crippen molar-refractivity contribution in [3.05, 3.63) is 41.2 Å². The fourth-order valence-corrected chi connectivity index (χ4v) is 1.87. The highest BCUT2D eigenvalue weighted by Crippen LogP contribution is 2.30. The van der Waals surface area contributed by atoms with Crippen LogP contribution in [0.4, 0.5) is 5.69 Å². The van der Waals surface area contributed by atoms with Gasteiger partial charge in [0.25, 0.3) is 0 Å². The van der Waals surface area contributed by atoms with E-state index in [4.69, 9.17) is 31.5 Å². The van der Waals surface area contributed by atoms with Crippen molar-refractivity contribution < 1.29 is 14.2 Å². The lowest BCUT2D eigenvalue weighted by atomic mass is 10.3. The molecule has 0 amide bonds. The lowest BCUT2D eigenvalue weighted by molar-refractivity contribution is 0.285. The predicted molar refractivity (Wildman–Crippen MR) is 77.5 cm³/mol. The van der Waals surface area contributed by atoms with Gasteiger partial charge in [0.05, 0.1) is 24.9 Å². The van der Waals surface area contributed by atoms with Crippen LogP contribution in [0, 0.1) is 0 Å². The maximum absolute atomic E-state index is 5.94. The van der Waals surface area contributed by atoms with Gasteiger partial charge in [-0.2, -0.15) is 0 Å². The summed E-state index contributed by atoms with van der Waals surface area (Å²) in [5.41, 5.74) is 6.79. The topological polar surface area (TPSA) is 66.6 Å². The number of nitrogens with zero attached hydrogens (tertiary/aromatic N) is 1. The number of hydrogen-bond donors (Lipinski definition) is 1. The minimum atomic E-state index is 0.237. The zero-order chi connectivity index (χ0) is 14.5. The number of anilines is 1. The summed E-state index contributed by atoms with van der Waals surface area (Å²) in [5, 5.41) is 0.452. The first-order valence-corrected chi connectivity index (χ1v) is 6.27. The molecule has 0 fully saturated rings. The molecule has 0 atom stereocenters. The number of pyridine rings is 1. The van der Waals surface area contributed by atoms with Crippen LogP contribution in [0.25, 0.3) is 0 Å². The Morgan fingerprint density at radius 1 is 1.20 bits per heavy atom. The summed E-state index contributed by atoms with van der Waals surface area (Å²) in [4.78, 5) is 4.23. The summed E-state index contributed by atoms with van der Waals surface area (Å²) >= 11 is 5.94. The van der Waals surface area contributed by atoms with Crippen molar-refractivity contribution in [3.8, 4) is 17.2 Å². The molecule has 2 rings (SSSR count). The van der Waals surface area contributed by atoms with Gasteiger partial charge in [0.2, 0.25) is 0 Å². The third-order valence-corrected chi connectivity index (χ3v) is 3.04. The second-order valence-electron chi connectivity index (χ2n) is 3.97. The molecular formula is C14H15ClN2O3. The molecule has 0 aliphatic heterocycles. The van der Waals surface area contributed by atoms with Crippen LogP contribution in [-0.4, -0.2) is 19.2 Å². The summed E-state index contributed by atoms with van der Waals surface area (Å²) in [6.45, 7) is 0.237. The van der Waals surface area contributed by atoms with Gasteiger partial charge in [-0.05, 0) is 12.1 Å². The Kier molecular flexibility index (Phi) is 4.53. The second-order valence-corrected chi connectivity index (χ2v) is 4.37. The summed E-state index contributed by atoms with van der Waals surface area (Å²) in [5.74, 6) is 1.77. The fourth-order valence-electron chi connectivity index (χ4n) is 1.70. The van der Waals surface area contributed by atoms with Crippen LogP contribution in [-0.2, 0) is 6.61 Å². The summed E-state index contributed by atoms with van der Waals surface area (Å²) < 4.78 is 16.1. The highest BCUT2D eigenvalue weighted by atomic mass is 35.5. The van der Waals surface area contributed by atoms with Gasteiger partial charge in [-0.1, -0.05) is 11.6 Å². The molecule has 1 aromatic heterocycles. The van der Waals surface area contributed by atoms with E-state index < -0.39 is 0 Å². The average molecular weight is 295 g/mol. The minimum absolute atomic E-state index is 0.237. The number of benzene rings is 1. The monoisotopic (exact) mass is 294 g/mol. The van der Waals surface area contributed by atoms with Crippen molar-refractivity contribution in [2.75, 3.05) is 20.0 Å². The van der Waals surface area contributed by atoms with Crippen LogP contribution in [0.5, 0.6) is 17.2 Å². The van der Waals surface area contributed by atoms with E-state index in [2.05, 4.69) is 4.98 Å². The number of methoxy groups -OCH3 is 2. The first kappa shape index (κ1) is 14.3. The number of nitrogens with two attached hydrogens (primary N) is 1. The minimum Gasteiger partial charge on any atom is -0.493 e. The van der Waals surface area contributed by atoms with Crippen molar-refractivity contribution in [3.63, 3.8) is 0 Å². The van der Waals surface area contributed by atoms with Crippen LogP contribution in [0.1, 0.15) is 5.69 Å². The average Bonchev–Trinajstić information content (AvgIpc) is 2.47. The van der Waals surface area contributed by atoms with Gasteiger partial charge in [-0.15, -0.1) is 0 Å². The van der Waals surface area contributed by atoms with Crippen LogP contribution in [0.3, 0.4) is 0 Å². The standard InChI is InChI=1S/C14H15ClN2O3/c1-18-13-5-6-17-12(14(13)19-2)8-20-9-3-4-11(16)10(15)7-9/h3-7H,8,16H2,1-2H3. The maximum Gasteiger partial charge on any atom is 0.185 e. The Morgan fingerprint density at radius 3 is 2.65 bits per heavy atom. The molecule has 5 nitrogen and oxygen atoms in total. The first-order chi connectivity index (χ1) is 9.65.